The Morgan fingerprint density at radius 2 is 1.31 bits per heavy atom. The molecule has 1 aliphatic carbocycles. The van der Waals surface area contributed by atoms with Gasteiger partial charge in [0, 0.05) is 0 Å². The van der Waals surface area contributed by atoms with E-state index in [1.54, 1.807) is 0 Å². The zero-order chi connectivity index (χ0) is 19.6. The molecule has 0 bridgehead atoms. The van der Waals surface area contributed by atoms with Gasteiger partial charge in [-0.2, -0.15) is 0 Å². The van der Waals surface area contributed by atoms with E-state index in [-0.39, 0.29) is 5.92 Å². The van der Waals surface area contributed by atoms with E-state index < -0.39 is 22.8 Å². The fourth-order valence-corrected chi connectivity index (χ4v) is 5.18. The maximum absolute atomic E-state index is 12.3. The maximum atomic E-state index is 12.3. The Labute approximate surface area is 159 Å². The smallest absolute Gasteiger partial charge is 0.311 e. The number of hydrogen-bond acceptors (Lipinski definition) is 2. The van der Waals surface area contributed by atoms with Crippen molar-refractivity contribution in [2.75, 3.05) is 0 Å². The number of carboxylic acids is 2. The molecule has 1 rings (SSSR count). The fourth-order valence-electron chi connectivity index (χ4n) is 5.18. The van der Waals surface area contributed by atoms with Crippen LogP contribution in [-0.4, -0.2) is 22.2 Å². The fraction of sp³-hybridized carbons (Fsp3) is 0.909. The molecule has 4 heteroatoms. The number of aliphatic carboxylic acids is 2. The third kappa shape index (κ3) is 5.01. The molecule has 0 heterocycles. The van der Waals surface area contributed by atoms with Crippen LogP contribution in [0.15, 0.2) is 0 Å². The summed E-state index contributed by atoms with van der Waals surface area (Å²) >= 11 is 0. The summed E-state index contributed by atoms with van der Waals surface area (Å²) in [5.74, 6) is -1.98. The van der Waals surface area contributed by atoms with E-state index >= 15 is 0 Å². The highest BCUT2D eigenvalue weighted by molar-refractivity contribution is 5.87. The van der Waals surface area contributed by atoms with Gasteiger partial charge in [0.1, 0.15) is 0 Å². The van der Waals surface area contributed by atoms with Crippen molar-refractivity contribution in [3.05, 3.63) is 0 Å². The molecule has 0 radical (unpaired) electrons. The average Bonchev–Trinajstić information content (AvgIpc) is 2.59. The van der Waals surface area contributed by atoms with Gasteiger partial charge in [-0.3, -0.25) is 9.59 Å². The van der Waals surface area contributed by atoms with Crippen LogP contribution in [0.4, 0.5) is 0 Å². The average molecular weight is 369 g/mol. The topological polar surface area (TPSA) is 74.6 Å². The number of rotatable bonds is 13. The second-order valence-corrected chi connectivity index (χ2v) is 8.60. The molecule has 0 aromatic carbocycles. The van der Waals surface area contributed by atoms with Gasteiger partial charge in [-0.1, -0.05) is 91.4 Å². The lowest BCUT2D eigenvalue weighted by Crippen LogP contribution is -2.57. The standard InChI is InChI=1S/C22H40O4/c1-4-5-6-7-8-9-10-11-12-15-21(19(23)24)16-13-14-17-22(21,18(2)3)20(25)26/h18H,4-17H2,1-3H3,(H,23,24)(H,25,26). The molecule has 0 spiro atoms. The third-order valence-corrected chi connectivity index (χ3v) is 6.76. The summed E-state index contributed by atoms with van der Waals surface area (Å²) in [6, 6.07) is 0. The quantitative estimate of drug-likeness (QED) is 0.375. The van der Waals surface area contributed by atoms with Crippen LogP contribution in [0.25, 0.3) is 0 Å². The largest absolute Gasteiger partial charge is 0.481 e. The van der Waals surface area contributed by atoms with Crippen LogP contribution < -0.4 is 0 Å². The van der Waals surface area contributed by atoms with Gasteiger partial charge in [0.15, 0.2) is 0 Å². The van der Waals surface area contributed by atoms with Crippen LogP contribution in [-0.2, 0) is 9.59 Å². The highest BCUT2D eigenvalue weighted by Gasteiger charge is 2.63. The lowest BCUT2D eigenvalue weighted by molar-refractivity contribution is -0.187. The molecule has 1 fully saturated rings. The minimum absolute atomic E-state index is 0.171. The SMILES string of the molecule is CCCCCCCCCCCC1(C(=O)O)CCCCC1(C(=O)O)C(C)C. The second-order valence-electron chi connectivity index (χ2n) is 8.60. The molecule has 0 aliphatic heterocycles. The van der Waals surface area contributed by atoms with Crippen molar-refractivity contribution >= 4 is 11.9 Å². The summed E-state index contributed by atoms with van der Waals surface area (Å²) in [5.41, 5.74) is -2.23. The van der Waals surface area contributed by atoms with E-state index in [2.05, 4.69) is 6.92 Å². The van der Waals surface area contributed by atoms with Gasteiger partial charge < -0.3 is 10.2 Å². The van der Waals surface area contributed by atoms with Crippen molar-refractivity contribution in [2.24, 2.45) is 16.7 Å². The monoisotopic (exact) mass is 368 g/mol. The zero-order valence-corrected chi connectivity index (χ0v) is 17.2. The van der Waals surface area contributed by atoms with E-state index in [1.165, 1.54) is 38.5 Å². The zero-order valence-electron chi connectivity index (χ0n) is 17.2. The molecule has 26 heavy (non-hydrogen) atoms. The molecule has 1 saturated carbocycles. The first-order chi connectivity index (χ1) is 12.3. The molecule has 2 N–H and O–H groups in total. The normalized spacial score (nSPS) is 26.2. The van der Waals surface area contributed by atoms with Crippen LogP contribution >= 0.6 is 0 Å². The van der Waals surface area contributed by atoms with Crippen molar-refractivity contribution < 1.29 is 19.8 Å². The Hall–Kier alpha value is -1.06. The Kier molecular flexibility index (Phi) is 9.67. The summed E-state index contributed by atoms with van der Waals surface area (Å²) in [4.78, 5) is 24.5. The summed E-state index contributed by atoms with van der Waals surface area (Å²) in [6.45, 7) is 5.98. The molecule has 1 aliphatic rings. The van der Waals surface area contributed by atoms with Crippen molar-refractivity contribution in [3.8, 4) is 0 Å². The Balaban J connectivity index is 2.65. The van der Waals surface area contributed by atoms with Gasteiger partial charge >= 0.3 is 11.9 Å². The Bertz CT molecular complexity index is 445. The summed E-state index contributed by atoms with van der Waals surface area (Å²) in [7, 11) is 0. The van der Waals surface area contributed by atoms with Gasteiger partial charge in [-0.05, 0) is 25.2 Å². The first-order valence-corrected chi connectivity index (χ1v) is 10.8. The van der Waals surface area contributed by atoms with Crippen LogP contribution in [0, 0.1) is 16.7 Å². The number of carboxylic acid groups (broad SMARTS) is 2. The molecule has 0 saturated heterocycles. The van der Waals surface area contributed by atoms with Crippen molar-refractivity contribution in [3.63, 3.8) is 0 Å². The predicted molar refractivity (Wildman–Crippen MR) is 105 cm³/mol. The van der Waals surface area contributed by atoms with Crippen LogP contribution in [0.1, 0.15) is 111 Å². The number of hydrogen-bond donors (Lipinski definition) is 2. The van der Waals surface area contributed by atoms with E-state index in [0.717, 1.165) is 32.1 Å². The second kappa shape index (κ2) is 10.9. The van der Waals surface area contributed by atoms with E-state index in [1.807, 2.05) is 13.8 Å². The molecule has 0 aromatic heterocycles. The highest BCUT2D eigenvalue weighted by atomic mass is 16.4. The van der Waals surface area contributed by atoms with Crippen LogP contribution in [0.5, 0.6) is 0 Å². The molecular formula is C22H40O4. The minimum Gasteiger partial charge on any atom is -0.481 e. The Morgan fingerprint density at radius 3 is 1.77 bits per heavy atom. The molecule has 0 aromatic rings. The molecule has 2 unspecified atom stereocenters. The summed E-state index contributed by atoms with van der Waals surface area (Å²) < 4.78 is 0. The van der Waals surface area contributed by atoms with Gasteiger partial charge in [-0.15, -0.1) is 0 Å². The first kappa shape index (κ1) is 23.0. The van der Waals surface area contributed by atoms with Gasteiger partial charge in [0.05, 0.1) is 10.8 Å². The lowest BCUT2D eigenvalue weighted by atomic mass is 9.50. The lowest BCUT2D eigenvalue weighted by Gasteiger charge is -2.51. The number of unbranched alkanes of at least 4 members (excludes halogenated alkanes) is 8. The van der Waals surface area contributed by atoms with Crippen LogP contribution in [0.3, 0.4) is 0 Å². The van der Waals surface area contributed by atoms with Gasteiger partial charge in [0.2, 0.25) is 0 Å². The van der Waals surface area contributed by atoms with Gasteiger partial charge in [0.25, 0.3) is 0 Å². The molecule has 152 valence electrons. The predicted octanol–water partition coefficient (Wildman–Crippen LogP) is 6.28. The van der Waals surface area contributed by atoms with Crippen molar-refractivity contribution in [2.45, 2.75) is 111 Å². The number of carbonyl (C=O) groups is 2. The van der Waals surface area contributed by atoms with Crippen LogP contribution in [0.2, 0.25) is 0 Å². The van der Waals surface area contributed by atoms with Crippen molar-refractivity contribution in [1.29, 1.82) is 0 Å². The Morgan fingerprint density at radius 1 is 0.808 bits per heavy atom. The van der Waals surface area contributed by atoms with Crippen molar-refractivity contribution in [1.82, 2.24) is 0 Å². The van der Waals surface area contributed by atoms with Gasteiger partial charge in [-0.25, -0.2) is 0 Å². The highest BCUT2D eigenvalue weighted by Crippen LogP contribution is 2.58. The molecule has 4 nitrogen and oxygen atoms in total. The maximum Gasteiger partial charge on any atom is 0.311 e. The molecular weight excluding hydrogens is 328 g/mol. The van der Waals surface area contributed by atoms with E-state index in [0.29, 0.717) is 19.3 Å². The third-order valence-electron chi connectivity index (χ3n) is 6.76. The summed E-state index contributed by atoms with van der Waals surface area (Å²) in [5, 5.41) is 20.1. The molecule has 0 amide bonds. The van der Waals surface area contributed by atoms with E-state index in [9.17, 15) is 19.8 Å². The van der Waals surface area contributed by atoms with E-state index in [4.69, 9.17) is 0 Å². The minimum atomic E-state index is -1.13. The molecule has 2 atom stereocenters. The first-order valence-electron chi connectivity index (χ1n) is 10.8. The summed E-state index contributed by atoms with van der Waals surface area (Å²) in [6.07, 6.45) is 13.7.